The van der Waals surface area contributed by atoms with Crippen LogP contribution in [-0.2, 0) is 0 Å². The normalized spacial score (nSPS) is 10.5. The number of rotatable bonds is 2. The Labute approximate surface area is 87.5 Å². The van der Waals surface area contributed by atoms with E-state index in [1.54, 1.807) is 6.07 Å². The molecule has 0 N–H and O–H groups in total. The van der Waals surface area contributed by atoms with Crippen LogP contribution in [0.4, 0.5) is 4.39 Å². The van der Waals surface area contributed by atoms with Crippen molar-refractivity contribution >= 4 is 16.6 Å². The van der Waals surface area contributed by atoms with Gasteiger partial charge < -0.3 is 0 Å². The van der Waals surface area contributed by atoms with Crippen molar-refractivity contribution in [2.45, 2.75) is 6.92 Å². The highest BCUT2D eigenvalue weighted by Crippen LogP contribution is 2.22. The molecular weight excluding hydrogens is 191 g/mol. The summed E-state index contributed by atoms with van der Waals surface area (Å²) in [5.41, 5.74) is 1.57. The predicted octanol–water partition coefficient (Wildman–Crippen LogP) is 3.30. The molecule has 2 rings (SSSR count). The zero-order valence-corrected chi connectivity index (χ0v) is 8.46. The predicted molar refractivity (Wildman–Crippen MR) is 59.0 cm³/mol. The van der Waals surface area contributed by atoms with E-state index in [0.717, 1.165) is 16.3 Å². The van der Waals surface area contributed by atoms with Gasteiger partial charge in [0.25, 0.3) is 0 Å². The van der Waals surface area contributed by atoms with E-state index in [0.29, 0.717) is 5.56 Å². The molecular formula is C13H11FO. The van der Waals surface area contributed by atoms with Crippen LogP contribution < -0.4 is 0 Å². The molecule has 0 aliphatic heterocycles. The van der Waals surface area contributed by atoms with Crippen LogP contribution in [0, 0.1) is 6.92 Å². The van der Waals surface area contributed by atoms with Gasteiger partial charge in [-0.2, -0.15) is 0 Å². The standard InChI is InChI=1S/C13H11FO/c1-9-6-7-12(13(15)8-14)11-5-3-2-4-10(9)11/h2-7H,8H2,1H3. The number of aryl methyl sites for hydroxylation is 1. The maximum Gasteiger partial charge on any atom is 0.194 e. The zero-order valence-electron chi connectivity index (χ0n) is 8.46. The first-order valence-electron chi connectivity index (χ1n) is 4.81. The van der Waals surface area contributed by atoms with Crippen LogP contribution in [0.2, 0.25) is 0 Å². The Balaban J connectivity index is 2.77. The summed E-state index contributed by atoms with van der Waals surface area (Å²) in [4.78, 5) is 11.4. The monoisotopic (exact) mass is 202 g/mol. The Morgan fingerprint density at radius 1 is 1.13 bits per heavy atom. The van der Waals surface area contributed by atoms with E-state index in [2.05, 4.69) is 0 Å². The summed E-state index contributed by atoms with van der Waals surface area (Å²) in [6, 6.07) is 11.1. The minimum Gasteiger partial charge on any atom is -0.291 e. The Morgan fingerprint density at radius 2 is 1.80 bits per heavy atom. The molecule has 15 heavy (non-hydrogen) atoms. The number of Topliss-reactive ketones (excluding diaryl/α,β-unsaturated/α-hetero) is 1. The molecule has 2 heteroatoms. The summed E-state index contributed by atoms with van der Waals surface area (Å²) in [5, 5.41) is 1.84. The van der Waals surface area contributed by atoms with Gasteiger partial charge in [-0.15, -0.1) is 0 Å². The second-order valence-corrected chi connectivity index (χ2v) is 3.53. The van der Waals surface area contributed by atoms with Crippen LogP contribution in [0.25, 0.3) is 10.8 Å². The van der Waals surface area contributed by atoms with Gasteiger partial charge in [0.05, 0.1) is 0 Å². The molecule has 0 bridgehead atoms. The Hall–Kier alpha value is -1.70. The third-order valence-electron chi connectivity index (χ3n) is 2.56. The molecule has 0 amide bonds. The van der Waals surface area contributed by atoms with Gasteiger partial charge in [-0.05, 0) is 23.3 Å². The molecule has 0 aromatic heterocycles. The molecule has 0 spiro atoms. The summed E-state index contributed by atoms with van der Waals surface area (Å²) >= 11 is 0. The number of fused-ring (bicyclic) bond motifs is 1. The van der Waals surface area contributed by atoms with Crippen LogP contribution in [0.15, 0.2) is 36.4 Å². The van der Waals surface area contributed by atoms with E-state index in [9.17, 15) is 9.18 Å². The van der Waals surface area contributed by atoms with Crippen molar-refractivity contribution in [2.75, 3.05) is 6.67 Å². The highest BCUT2D eigenvalue weighted by atomic mass is 19.1. The average molecular weight is 202 g/mol. The fourth-order valence-corrected chi connectivity index (χ4v) is 1.76. The van der Waals surface area contributed by atoms with Crippen molar-refractivity contribution in [2.24, 2.45) is 0 Å². The molecule has 2 aromatic carbocycles. The largest absolute Gasteiger partial charge is 0.291 e. The number of halogens is 1. The summed E-state index contributed by atoms with van der Waals surface area (Å²) in [6.07, 6.45) is 0. The van der Waals surface area contributed by atoms with Gasteiger partial charge in [0.1, 0.15) is 0 Å². The van der Waals surface area contributed by atoms with E-state index in [4.69, 9.17) is 0 Å². The highest BCUT2D eigenvalue weighted by molar-refractivity contribution is 6.09. The zero-order chi connectivity index (χ0) is 10.8. The molecule has 1 nitrogen and oxygen atoms in total. The van der Waals surface area contributed by atoms with Crippen molar-refractivity contribution in [3.8, 4) is 0 Å². The second kappa shape index (κ2) is 3.81. The molecule has 0 heterocycles. The molecule has 0 saturated carbocycles. The van der Waals surface area contributed by atoms with Gasteiger partial charge in [-0.1, -0.05) is 36.4 Å². The van der Waals surface area contributed by atoms with Gasteiger partial charge in [0, 0.05) is 5.56 Å². The highest BCUT2D eigenvalue weighted by Gasteiger charge is 2.09. The van der Waals surface area contributed by atoms with Gasteiger partial charge in [-0.3, -0.25) is 4.79 Å². The van der Waals surface area contributed by atoms with E-state index in [1.807, 2.05) is 37.3 Å². The van der Waals surface area contributed by atoms with Crippen molar-refractivity contribution < 1.29 is 9.18 Å². The quantitative estimate of drug-likeness (QED) is 0.683. The van der Waals surface area contributed by atoms with Gasteiger partial charge in [-0.25, -0.2) is 4.39 Å². The van der Waals surface area contributed by atoms with Crippen molar-refractivity contribution in [3.63, 3.8) is 0 Å². The Morgan fingerprint density at radius 3 is 2.47 bits per heavy atom. The van der Waals surface area contributed by atoms with Crippen molar-refractivity contribution in [1.29, 1.82) is 0 Å². The number of alkyl halides is 1. The first-order chi connectivity index (χ1) is 7.24. The van der Waals surface area contributed by atoms with Gasteiger partial charge in [0.15, 0.2) is 12.5 Å². The molecule has 0 radical (unpaired) electrons. The van der Waals surface area contributed by atoms with Crippen molar-refractivity contribution in [3.05, 3.63) is 47.5 Å². The second-order valence-electron chi connectivity index (χ2n) is 3.53. The molecule has 0 fully saturated rings. The average Bonchev–Trinajstić information content (AvgIpc) is 2.29. The Bertz CT molecular complexity index is 517. The van der Waals surface area contributed by atoms with E-state index in [-0.39, 0.29) is 0 Å². The van der Waals surface area contributed by atoms with Gasteiger partial charge >= 0.3 is 0 Å². The lowest BCUT2D eigenvalue weighted by atomic mass is 9.98. The smallest absolute Gasteiger partial charge is 0.194 e. The summed E-state index contributed by atoms with van der Waals surface area (Å²) in [5.74, 6) is -0.453. The number of hydrogen-bond donors (Lipinski definition) is 0. The van der Waals surface area contributed by atoms with Crippen LogP contribution >= 0.6 is 0 Å². The molecule has 0 aliphatic rings. The molecule has 0 saturated heterocycles. The number of hydrogen-bond acceptors (Lipinski definition) is 1. The molecule has 0 unspecified atom stereocenters. The van der Waals surface area contributed by atoms with Crippen LogP contribution in [0.3, 0.4) is 0 Å². The maximum atomic E-state index is 12.4. The number of carbonyl (C=O) groups is 1. The third kappa shape index (κ3) is 1.63. The SMILES string of the molecule is Cc1ccc(C(=O)CF)c2ccccc12. The first kappa shape index (κ1) is 9.84. The topological polar surface area (TPSA) is 17.1 Å². The molecule has 2 aromatic rings. The number of benzene rings is 2. The lowest BCUT2D eigenvalue weighted by Gasteiger charge is -2.06. The minimum absolute atomic E-state index is 0.453. The number of carbonyl (C=O) groups excluding carboxylic acids is 1. The molecule has 0 aliphatic carbocycles. The van der Waals surface area contributed by atoms with Crippen LogP contribution in [0.1, 0.15) is 15.9 Å². The van der Waals surface area contributed by atoms with Gasteiger partial charge in [0.2, 0.25) is 0 Å². The Kier molecular flexibility index (Phi) is 2.50. The summed E-state index contributed by atoms with van der Waals surface area (Å²) < 4.78 is 12.4. The fourth-order valence-electron chi connectivity index (χ4n) is 1.76. The summed E-state index contributed by atoms with van der Waals surface area (Å²) in [6.45, 7) is 1.04. The van der Waals surface area contributed by atoms with E-state index in [1.165, 1.54) is 0 Å². The van der Waals surface area contributed by atoms with Crippen LogP contribution in [0.5, 0.6) is 0 Å². The van der Waals surface area contributed by atoms with E-state index >= 15 is 0 Å². The van der Waals surface area contributed by atoms with Crippen molar-refractivity contribution in [1.82, 2.24) is 0 Å². The molecule has 76 valence electrons. The summed E-state index contributed by atoms with van der Waals surface area (Å²) in [7, 11) is 0. The maximum absolute atomic E-state index is 12.4. The third-order valence-corrected chi connectivity index (χ3v) is 2.56. The molecule has 0 atom stereocenters. The van der Waals surface area contributed by atoms with Crippen LogP contribution in [-0.4, -0.2) is 12.5 Å². The minimum atomic E-state index is -0.937. The first-order valence-corrected chi connectivity index (χ1v) is 4.81. The lowest BCUT2D eigenvalue weighted by molar-refractivity contribution is 0.0960. The fraction of sp³-hybridized carbons (Fsp3) is 0.154. The number of ketones is 1. The van der Waals surface area contributed by atoms with E-state index < -0.39 is 12.5 Å². The lowest BCUT2D eigenvalue weighted by Crippen LogP contribution is -2.02.